The fraction of sp³-hybridized carbons (Fsp3) is 0.667. The maximum Gasteiger partial charge on any atom is 0.0346 e. The van der Waals surface area contributed by atoms with Crippen molar-refractivity contribution in [1.29, 1.82) is 0 Å². The fourth-order valence-corrected chi connectivity index (χ4v) is 3.69. The molecule has 1 aliphatic rings. The highest BCUT2D eigenvalue weighted by molar-refractivity contribution is 5.27. The van der Waals surface area contributed by atoms with Gasteiger partial charge in [-0.05, 0) is 49.3 Å². The van der Waals surface area contributed by atoms with E-state index in [0.717, 1.165) is 11.8 Å². The summed E-state index contributed by atoms with van der Waals surface area (Å²) in [5.41, 5.74) is 2.99. The molecule has 1 saturated carbocycles. The molecule has 2 rings (SSSR count). The molecule has 1 aromatic carbocycles. The van der Waals surface area contributed by atoms with Crippen molar-refractivity contribution in [2.75, 3.05) is 7.05 Å². The van der Waals surface area contributed by atoms with Crippen LogP contribution in [0.4, 0.5) is 0 Å². The lowest BCUT2D eigenvalue weighted by Crippen LogP contribution is -2.24. The van der Waals surface area contributed by atoms with Crippen molar-refractivity contribution in [3.05, 3.63) is 35.4 Å². The summed E-state index contributed by atoms with van der Waals surface area (Å²) in [7, 11) is 2.12. The van der Waals surface area contributed by atoms with Crippen molar-refractivity contribution >= 4 is 0 Å². The monoisotopic (exact) mass is 259 g/mol. The fourth-order valence-electron chi connectivity index (χ4n) is 3.69. The molecule has 0 amide bonds. The number of benzene rings is 1. The largest absolute Gasteiger partial charge is 0.313 e. The molecule has 0 saturated heterocycles. The van der Waals surface area contributed by atoms with Crippen LogP contribution in [0, 0.1) is 11.8 Å². The smallest absolute Gasteiger partial charge is 0.0346 e. The lowest BCUT2D eigenvalue weighted by molar-refractivity contribution is 0.372. The highest BCUT2D eigenvalue weighted by Gasteiger charge is 2.30. The maximum atomic E-state index is 3.57. The van der Waals surface area contributed by atoms with Gasteiger partial charge in [0.15, 0.2) is 0 Å². The molecule has 0 bridgehead atoms. The van der Waals surface area contributed by atoms with Crippen LogP contribution in [0.15, 0.2) is 24.3 Å². The van der Waals surface area contributed by atoms with Gasteiger partial charge in [-0.25, -0.2) is 0 Å². The van der Waals surface area contributed by atoms with Gasteiger partial charge in [-0.15, -0.1) is 0 Å². The molecular formula is C18H29N. The molecule has 0 radical (unpaired) electrons. The number of hydrogen-bond donors (Lipinski definition) is 1. The predicted molar refractivity (Wildman–Crippen MR) is 83.4 cm³/mol. The van der Waals surface area contributed by atoms with Gasteiger partial charge in [-0.3, -0.25) is 0 Å². The molecule has 1 nitrogen and oxygen atoms in total. The summed E-state index contributed by atoms with van der Waals surface area (Å²) >= 11 is 0. The van der Waals surface area contributed by atoms with Crippen molar-refractivity contribution in [3.8, 4) is 0 Å². The van der Waals surface area contributed by atoms with Gasteiger partial charge >= 0.3 is 0 Å². The highest BCUT2D eigenvalue weighted by Crippen LogP contribution is 2.40. The van der Waals surface area contributed by atoms with E-state index in [1.807, 2.05) is 0 Å². The second-order valence-electron chi connectivity index (χ2n) is 6.11. The Labute approximate surface area is 118 Å². The molecule has 1 aliphatic carbocycles. The molecular weight excluding hydrogens is 230 g/mol. The molecule has 3 unspecified atom stereocenters. The van der Waals surface area contributed by atoms with E-state index in [2.05, 4.69) is 50.5 Å². The Morgan fingerprint density at radius 2 is 2.11 bits per heavy atom. The molecule has 1 heteroatoms. The van der Waals surface area contributed by atoms with Gasteiger partial charge in [0, 0.05) is 6.04 Å². The SMILES string of the molecule is CCCc1cccc(C(NC)C2CCC(CC)C2)c1. The Hall–Kier alpha value is -0.820. The van der Waals surface area contributed by atoms with E-state index in [1.165, 1.54) is 49.7 Å². The lowest BCUT2D eigenvalue weighted by Gasteiger charge is -2.24. The van der Waals surface area contributed by atoms with Crippen molar-refractivity contribution in [1.82, 2.24) is 5.32 Å². The van der Waals surface area contributed by atoms with E-state index >= 15 is 0 Å². The van der Waals surface area contributed by atoms with E-state index in [0.29, 0.717) is 6.04 Å². The standard InChI is InChI=1S/C18H29N/c1-4-7-15-8-6-9-16(13-15)18(19-3)17-11-10-14(5-2)12-17/h6,8-9,13-14,17-19H,4-5,7,10-12H2,1-3H3. The zero-order valence-corrected chi connectivity index (χ0v) is 12.8. The normalized spacial score (nSPS) is 24.6. The van der Waals surface area contributed by atoms with Gasteiger partial charge in [-0.1, -0.05) is 57.4 Å². The van der Waals surface area contributed by atoms with Gasteiger partial charge in [-0.2, -0.15) is 0 Å². The molecule has 0 aromatic heterocycles. The average molecular weight is 259 g/mol. The van der Waals surface area contributed by atoms with Crippen LogP contribution in [0.1, 0.15) is 63.1 Å². The van der Waals surface area contributed by atoms with E-state index in [4.69, 9.17) is 0 Å². The van der Waals surface area contributed by atoms with Crippen molar-refractivity contribution in [2.45, 2.75) is 58.4 Å². The average Bonchev–Trinajstić information content (AvgIpc) is 2.89. The summed E-state index contributed by atoms with van der Waals surface area (Å²) in [6.45, 7) is 4.59. The van der Waals surface area contributed by atoms with E-state index in [1.54, 1.807) is 0 Å². The Kier molecular flexibility index (Phi) is 5.45. The Morgan fingerprint density at radius 1 is 1.26 bits per heavy atom. The predicted octanol–water partition coefficient (Wildman–Crippen LogP) is 4.73. The molecule has 19 heavy (non-hydrogen) atoms. The minimum Gasteiger partial charge on any atom is -0.313 e. The summed E-state index contributed by atoms with van der Waals surface area (Å²) in [5, 5.41) is 3.57. The van der Waals surface area contributed by atoms with Gasteiger partial charge in [0.1, 0.15) is 0 Å². The third-order valence-electron chi connectivity index (χ3n) is 4.79. The highest BCUT2D eigenvalue weighted by atomic mass is 14.9. The first kappa shape index (κ1) is 14.6. The second kappa shape index (κ2) is 7.09. The van der Waals surface area contributed by atoms with Crippen LogP contribution in [0.5, 0.6) is 0 Å². The molecule has 1 N–H and O–H groups in total. The van der Waals surface area contributed by atoms with Crippen LogP contribution in [0.25, 0.3) is 0 Å². The van der Waals surface area contributed by atoms with Gasteiger partial charge < -0.3 is 5.32 Å². The molecule has 1 fully saturated rings. The van der Waals surface area contributed by atoms with Crippen LogP contribution in [0.3, 0.4) is 0 Å². The van der Waals surface area contributed by atoms with E-state index in [9.17, 15) is 0 Å². The summed E-state index contributed by atoms with van der Waals surface area (Å²) in [5.74, 6) is 1.78. The summed E-state index contributed by atoms with van der Waals surface area (Å²) < 4.78 is 0. The molecule has 0 heterocycles. The first-order valence-corrected chi connectivity index (χ1v) is 8.04. The van der Waals surface area contributed by atoms with Crippen molar-refractivity contribution in [3.63, 3.8) is 0 Å². The zero-order chi connectivity index (χ0) is 13.7. The number of aryl methyl sites for hydroxylation is 1. The van der Waals surface area contributed by atoms with Gasteiger partial charge in [0.2, 0.25) is 0 Å². The number of hydrogen-bond acceptors (Lipinski definition) is 1. The topological polar surface area (TPSA) is 12.0 Å². The Bertz CT molecular complexity index is 385. The molecule has 3 atom stereocenters. The molecule has 0 aliphatic heterocycles. The van der Waals surface area contributed by atoms with Crippen molar-refractivity contribution in [2.24, 2.45) is 11.8 Å². The Morgan fingerprint density at radius 3 is 2.74 bits per heavy atom. The summed E-state index contributed by atoms with van der Waals surface area (Å²) in [6.07, 6.45) is 8.00. The maximum absolute atomic E-state index is 3.57. The van der Waals surface area contributed by atoms with Crippen LogP contribution in [0.2, 0.25) is 0 Å². The first-order valence-electron chi connectivity index (χ1n) is 8.04. The zero-order valence-electron chi connectivity index (χ0n) is 12.8. The van der Waals surface area contributed by atoms with Crippen LogP contribution >= 0.6 is 0 Å². The molecule has 0 spiro atoms. The first-order chi connectivity index (χ1) is 9.28. The quantitative estimate of drug-likeness (QED) is 0.779. The van der Waals surface area contributed by atoms with Crippen LogP contribution in [-0.2, 0) is 6.42 Å². The third kappa shape index (κ3) is 3.60. The molecule has 106 valence electrons. The number of rotatable bonds is 6. The second-order valence-corrected chi connectivity index (χ2v) is 6.11. The lowest BCUT2D eigenvalue weighted by atomic mass is 9.89. The summed E-state index contributed by atoms with van der Waals surface area (Å²) in [6, 6.07) is 9.78. The molecule has 1 aromatic rings. The van der Waals surface area contributed by atoms with E-state index < -0.39 is 0 Å². The van der Waals surface area contributed by atoms with Gasteiger partial charge in [0.05, 0.1) is 0 Å². The van der Waals surface area contributed by atoms with Crippen LogP contribution in [-0.4, -0.2) is 7.05 Å². The van der Waals surface area contributed by atoms with E-state index in [-0.39, 0.29) is 0 Å². The summed E-state index contributed by atoms with van der Waals surface area (Å²) in [4.78, 5) is 0. The minimum atomic E-state index is 0.549. The number of nitrogens with one attached hydrogen (secondary N) is 1. The van der Waals surface area contributed by atoms with Crippen LogP contribution < -0.4 is 5.32 Å². The van der Waals surface area contributed by atoms with Gasteiger partial charge in [0.25, 0.3) is 0 Å². The third-order valence-corrected chi connectivity index (χ3v) is 4.79. The Balaban J connectivity index is 2.10. The van der Waals surface area contributed by atoms with Crippen molar-refractivity contribution < 1.29 is 0 Å². The minimum absolute atomic E-state index is 0.549.